The molecule has 3 atom stereocenters. The molecule has 0 aromatic carbocycles. The van der Waals surface area contributed by atoms with Crippen molar-refractivity contribution in [1.29, 1.82) is 0 Å². The molecular weight excluding hydrogens is 258 g/mol. The molecule has 2 bridgehead atoms. The molecule has 0 saturated heterocycles. The number of alkyl halides is 2. The molecule has 0 radical (unpaired) electrons. The van der Waals surface area contributed by atoms with Gasteiger partial charge >= 0.3 is 11.2 Å². The van der Waals surface area contributed by atoms with Crippen LogP contribution < -0.4 is 0 Å². The van der Waals surface area contributed by atoms with E-state index in [0.29, 0.717) is 12.8 Å². The van der Waals surface area contributed by atoms with Crippen LogP contribution in [0.4, 0.5) is 8.78 Å². The maximum atomic E-state index is 12.9. The maximum Gasteiger partial charge on any atom is 0.415 e. The van der Waals surface area contributed by atoms with Crippen LogP contribution in [-0.4, -0.2) is 28.4 Å². The summed E-state index contributed by atoms with van der Waals surface area (Å²) in [5.74, 6) is -2.44. The smallest absolute Gasteiger partial charge is 0.415 e. The fraction of sp³-hybridized carbons (Fsp3) is 0.778. The Kier molecular flexibility index (Phi) is 3.37. The van der Waals surface area contributed by atoms with Crippen LogP contribution in [0.15, 0.2) is 0 Å². The van der Waals surface area contributed by atoms with Gasteiger partial charge in [0.25, 0.3) is 0 Å². The number of carbonyl (C=O) groups excluding carboxylic acids is 2. The molecule has 2 saturated carbocycles. The van der Waals surface area contributed by atoms with Crippen molar-refractivity contribution in [1.82, 2.24) is 0 Å². The van der Waals surface area contributed by atoms with Crippen LogP contribution in [0.2, 0.25) is 0 Å². The number of carbonyl (C=O) groups is 2. The zero-order chi connectivity index (χ0) is 12.6. The van der Waals surface area contributed by atoms with E-state index in [1.807, 2.05) is 0 Å². The number of fused-ring (bicyclic) bond motifs is 2. The monoisotopic (exact) mass is 268 g/mol. The molecule has 0 heterocycles. The lowest BCUT2D eigenvalue weighted by Gasteiger charge is -2.22. The summed E-state index contributed by atoms with van der Waals surface area (Å²) >= 11 is -0.717. The molecule has 17 heavy (non-hydrogen) atoms. The molecule has 0 spiro atoms. The third-order valence-electron chi connectivity index (χ3n) is 3.20. The summed E-state index contributed by atoms with van der Waals surface area (Å²) in [4.78, 5) is 22.7. The van der Waals surface area contributed by atoms with Crippen molar-refractivity contribution in [2.24, 2.45) is 11.8 Å². The van der Waals surface area contributed by atoms with Gasteiger partial charge in [0.05, 0.1) is 0 Å². The SMILES string of the molecule is O=C1C2CCC(C2)C1OC(=O)C(F)(F)SOO. The lowest BCUT2D eigenvalue weighted by molar-refractivity contribution is -0.174. The van der Waals surface area contributed by atoms with Crippen molar-refractivity contribution in [2.75, 3.05) is 0 Å². The number of Topliss-reactive ketones (excluding diaryl/α,β-unsaturated/α-hetero) is 1. The van der Waals surface area contributed by atoms with E-state index < -0.39 is 29.4 Å². The predicted octanol–water partition coefficient (Wildman–Crippen LogP) is 1.63. The van der Waals surface area contributed by atoms with E-state index in [-0.39, 0.29) is 17.6 Å². The molecule has 0 aliphatic heterocycles. The molecule has 0 aromatic rings. The van der Waals surface area contributed by atoms with E-state index >= 15 is 0 Å². The van der Waals surface area contributed by atoms with Crippen LogP contribution in [-0.2, 0) is 18.7 Å². The van der Waals surface area contributed by atoms with Crippen molar-refractivity contribution in [3.63, 3.8) is 0 Å². The van der Waals surface area contributed by atoms with Crippen molar-refractivity contribution in [3.8, 4) is 0 Å². The maximum absolute atomic E-state index is 12.9. The summed E-state index contributed by atoms with van der Waals surface area (Å²) in [5, 5.41) is 3.86. The van der Waals surface area contributed by atoms with Crippen molar-refractivity contribution < 1.29 is 32.7 Å². The first-order valence-corrected chi connectivity index (χ1v) is 5.81. The third-order valence-corrected chi connectivity index (χ3v) is 3.65. The van der Waals surface area contributed by atoms with Crippen molar-refractivity contribution in [2.45, 2.75) is 30.6 Å². The van der Waals surface area contributed by atoms with Gasteiger partial charge in [-0.1, -0.05) is 0 Å². The number of halogens is 2. The zero-order valence-corrected chi connectivity index (χ0v) is 9.41. The van der Waals surface area contributed by atoms with Crippen molar-refractivity contribution in [3.05, 3.63) is 0 Å². The van der Waals surface area contributed by atoms with E-state index in [2.05, 4.69) is 9.07 Å². The second-order valence-electron chi connectivity index (χ2n) is 4.17. The zero-order valence-electron chi connectivity index (χ0n) is 8.60. The summed E-state index contributed by atoms with van der Waals surface area (Å²) < 4.78 is 33.6. The van der Waals surface area contributed by atoms with Crippen LogP contribution in [0, 0.1) is 11.8 Å². The molecule has 2 fully saturated rings. The topological polar surface area (TPSA) is 72.8 Å². The average Bonchev–Trinajstić information content (AvgIpc) is 2.82. The number of hydrogen-bond acceptors (Lipinski definition) is 6. The van der Waals surface area contributed by atoms with E-state index in [0.717, 1.165) is 6.42 Å². The van der Waals surface area contributed by atoms with Gasteiger partial charge in [-0.3, -0.25) is 4.79 Å². The quantitative estimate of drug-likeness (QED) is 0.361. The Hall–Kier alpha value is -0.730. The van der Waals surface area contributed by atoms with E-state index in [1.165, 1.54) is 0 Å². The van der Waals surface area contributed by atoms with Gasteiger partial charge in [-0.25, -0.2) is 10.1 Å². The highest BCUT2D eigenvalue weighted by atomic mass is 32.2. The Bertz CT molecular complexity index is 348. The van der Waals surface area contributed by atoms with Crippen LogP contribution in [0.25, 0.3) is 0 Å². The van der Waals surface area contributed by atoms with Gasteiger partial charge in [0.2, 0.25) is 0 Å². The normalized spacial score (nSPS) is 31.9. The first-order chi connectivity index (χ1) is 7.95. The Morgan fingerprint density at radius 2 is 2.18 bits per heavy atom. The second-order valence-corrected chi connectivity index (χ2v) is 5.00. The number of rotatable bonds is 4. The third kappa shape index (κ3) is 2.29. The fourth-order valence-corrected chi connectivity index (χ4v) is 2.64. The molecule has 2 aliphatic rings. The van der Waals surface area contributed by atoms with E-state index in [4.69, 9.17) is 5.26 Å². The second kappa shape index (κ2) is 4.51. The summed E-state index contributed by atoms with van der Waals surface area (Å²) in [6, 6.07) is 0. The van der Waals surface area contributed by atoms with Gasteiger partial charge in [0.15, 0.2) is 11.9 Å². The minimum atomic E-state index is -4.02. The highest BCUT2D eigenvalue weighted by Gasteiger charge is 2.52. The van der Waals surface area contributed by atoms with Crippen molar-refractivity contribution >= 4 is 23.8 Å². The van der Waals surface area contributed by atoms with Crippen LogP contribution in [0.5, 0.6) is 0 Å². The molecule has 8 heteroatoms. The number of ether oxygens (including phenoxy) is 1. The predicted molar refractivity (Wildman–Crippen MR) is 52.0 cm³/mol. The highest BCUT2D eigenvalue weighted by Crippen LogP contribution is 2.44. The summed E-state index contributed by atoms with van der Waals surface area (Å²) in [7, 11) is 0. The van der Waals surface area contributed by atoms with Gasteiger partial charge in [-0.15, -0.1) is 0 Å². The molecule has 2 rings (SSSR count). The molecule has 5 nitrogen and oxygen atoms in total. The largest absolute Gasteiger partial charge is 0.449 e. The minimum absolute atomic E-state index is 0.146. The average molecular weight is 268 g/mol. The van der Waals surface area contributed by atoms with Crippen LogP contribution in [0.1, 0.15) is 19.3 Å². The molecule has 0 amide bonds. The van der Waals surface area contributed by atoms with Crippen LogP contribution >= 0.6 is 12.0 Å². The molecule has 1 N–H and O–H groups in total. The molecular formula is C9H10F2O5S. The Morgan fingerprint density at radius 3 is 2.71 bits per heavy atom. The van der Waals surface area contributed by atoms with E-state index in [1.54, 1.807) is 0 Å². The van der Waals surface area contributed by atoms with Crippen LogP contribution in [0.3, 0.4) is 0 Å². The molecule has 96 valence electrons. The van der Waals surface area contributed by atoms with Gasteiger partial charge in [-0.05, 0) is 19.3 Å². The number of esters is 1. The summed E-state index contributed by atoms with van der Waals surface area (Å²) in [6.45, 7) is 0. The molecule has 0 aromatic heterocycles. The first kappa shape index (κ1) is 12.7. The fourth-order valence-electron chi connectivity index (χ4n) is 2.43. The number of hydrogen-bond donors (Lipinski definition) is 1. The Labute approximate surface area is 99.6 Å². The number of ketones is 1. The lowest BCUT2D eigenvalue weighted by Crippen LogP contribution is -2.38. The summed E-state index contributed by atoms with van der Waals surface area (Å²) in [5.41, 5.74) is 0. The first-order valence-electron chi connectivity index (χ1n) is 5.07. The Balaban J connectivity index is 1.98. The van der Waals surface area contributed by atoms with E-state index in [9.17, 15) is 18.4 Å². The van der Waals surface area contributed by atoms with Gasteiger partial charge < -0.3 is 4.74 Å². The Morgan fingerprint density at radius 1 is 1.47 bits per heavy atom. The molecule has 2 aliphatic carbocycles. The highest BCUT2D eigenvalue weighted by molar-refractivity contribution is 7.96. The van der Waals surface area contributed by atoms with Gasteiger partial charge in [-0.2, -0.15) is 13.1 Å². The molecule has 3 unspecified atom stereocenters. The standard InChI is InChI=1S/C9H10F2O5S/c10-9(11,17-16-14)8(13)15-7-5-2-1-4(3-5)6(7)12/h4-5,7,14H,1-3H2. The minimum Gasteiger partial charge on any atom is -0.449 e. The lowest BCUT2D eigenvalue weighted by atomic mass is 9.96. The van der Waals surface area contributed by atoms with Gasteiger partial charge in [0.1, 0.15) is 12.0 Å². The summed E-state index contributed by atoms with van der Waals surface area (Å²) in [6.07, 6.45) is 0.990. The van der Waals surface area contributed by atoms with Gasteiger partial charge in [0, 0.05) is 11.8 Å².